The topological polar surface area (TPSA) is 55.9 Å². The van der Waals surface area contributed by atoms with E-state index in [1.807, 2.05) is 24.3 Å². The van der Waals surface area contributed by atoms with E-state index in [4.69, 9.17) is 12.2 Å². The Hall–Kier alpha value is -2.51. The number of nitrogens with one attached hydrogen (secondary N) is 1. The average molecular weight is 370 g/mol. The van der Waals surface area contributed by atoms with Crippen molar-refractivity contribution in [2.24, 2.45) is 0 Å². The fourth-order valence-electron chi connectivity index (χ4n) is 3.00. The molecule has 0 aromatic heterocycles. The molecule has 0 saturated carbocycles. The van der Waals surface area contributed by atoms with Gasteiger partial charge in [-0.05, 0) is 43.0 Å². The van der Waals surface area contributed by atoms with E-state index in [1.54, 1.807) is 12.2 Å². The third kappa shape index (κ3) is 3.84. The molecule has 2 saturated heterocycles. The molecule has 0 radical (unpaired) electrons. The van der Waals surface area contributed by atoms with Crippen LogP contribution in [0.5, 0.6) is 0 Å². The molecule has 26 heavy (non-hydrogen) atoms. The second-order valence-electron chi connectivity index (χ2n) is 6.40. The highest BCUT2D eigenvalue weighted by Crippen LogP contribution is 2.20. The molecule has 2 amide bonds. The molecule has 2 heterocycles. The fraction of sp³-hybridized carbons (Fsp3) is 0.316. The number of piperazine rings is 1. The van der Waals surface area contributed by atoms with Gasteiger partial charge in [-0.15, -0.1) is 6.58 Å². The third-order valence-electron chi connectivity index (χ3n) is 4.57. The van der Waals surface area contributed by atoms with Crippen LogP contribution in [0.1, 0.15) is 5.56 Å². The lowest BCUT2D eigenvalue weighted by atomic mass is 10.1. The Morgan fingerprint density at radius 3 is 2.42 bits per heavy atom. The van der Waals surface area contributed by atoms with Gasteiger partial charge in [0.2, 0.25) is 0 Å². The Bertz CT molecular complexity index is 764. The quantitative estimate of drug-likeness (QED) is 0.374. The van der Waals surface area contributed by atoms with Crippen LogP contribution in [-0.4, -0.2) is 66.5 Å². The van der Waals surface area contributed by atoms with E-state index in [2.05, 4.69) is 28.7 Å². The molecule has 7 heteroatoms. The van der Waals surface area contributed by atoms with Gasteiger partial charge in [-0.25, -0.2) is 0 Å². The maximum Gasteiger partial charge on any atom is 0.265 e. The van der Waals surface area contributed by atoms with E-state index >= 15 is 0 Å². The van der Waals surface area contributed by atoms with Gasteiger partial charge in [0.1, 0.15) is 5.57 Å². The lowest BCUT2D eigenvalue weighted by Gasteiger charge is -2.34. The minimum atomic E-state index is -0.469. The minimum absolute atomic E-state index is 0.0767. The summed E-state index contributed by atoms with van der Waals surface area (Å²) in [4.78, 5) is 30.7. The van der Waals surface area contributed by atoms with Gasteiger partial charge in [-0.2, -0.15) is 0 Å². The molecule has 0 unspecified atom stereocenters. The van der Waals surface area contributed by atoms with Crippen molar-refractivity contribution in [3.05, 3.63) is 48.1 Å². The Morgan fingerprint density at radius 1 is 1.15 bits per heavy atom. The van der Waals surface area contributed by atoms with E-state index in [0.29, 0.717) is 0 Å². The largest absolute Gasteiger partial charge is 0.369 e. The lowest BCUT2D eigenvalue weighted by Crippen LogP contribution is -2.53. The maximum absolute atomic E-state index is 12.5. The summed E-state index contributed by atoms with van der Waals surface area (Å²) >= 11 is 5.05. The molecule has 2 aliphatic heterocycles. The fourth-order valence-corrected chi connectivity index (χ4v) is 3.25. The zero-order valence-electron chi connectivity index (χ0n) is 14.8. The molecular formula is C19H22N4O2S. The van der Waals surface area contributed by atoms with Crippen molar-refractivity contribution in [3.8, 4) is 0 Å². The number of anilines is 1. The van der Waals surface area contributed by atoms with Crippen LogP contribution >= 0.6 is 12.2 Å². The summed E-state index contributed by atoms with van der Waals surface area (Å²) in [5.41, 5.74) is 2.02. The summed E-state index contributed by atoms with van der Waals surface area (Å²) < 4.78 is 0. The molecule has 1 aromatic carbocycles. The second-order valence-corrected chi connectivity index (χ2v) is 6.79. The molecular weight excluding hydrogens is 348 g/mol. The Kier molecular flexibility index (Phi) is 5.49. The minimum Gasteiger partial charge on any atom is -0.369 e. The molecule has 0 atom stereocenters. The average Bonchev–Trinajstić information content (AvgIpc) is 2.63. The molecule has 0 spiro atoms. The molecule has 2 aliphatic rings. The van der Waals surface area contributed by atoms with Crippen molar-refractivity contribution in [3.63, 3.8) is 0 Å². The number of thiocarbonyl (C=S) groups is 1. The summed E-state index contributed by atoms with van der Waals surface area (Å²) in [6.45, 7) is 7.94. The van der Waals surface area contributed by atoms with Crippen LogP contribution in [0.3, 0.4) is 0 Å². The van der Waals surface area contributed by atoms with E-state index < -0.39 is 11.8 Å². The molecule has 1 N–H and O–H groups in total. The first-order chi connectivity index (χ1) is 12.5. The summed E-state index contributed by atoms with van der Waals surface area (Å²) in [6, 6.07) is 7.89. The number of benzene rings is 1. The standard InChI is InChI=1S/C19H22N4O2S/c1-3-8-23-18(25)16(17(24)20-19(23)26)13-14-4-6-15(7-5-14)22-11-9-21(2)10-12-22/h3-7,13H,1,8-12H2,2H3,(H,20,24,26). The Labute approximate surface area is 158 Å². The van der Waals surface area contributed by atoms with Crippen molar-refractivity contribution < 1.29 is 9.59 Å². The number of hydrogen-bond acceptors (Lipinski definition) is 5. The number of carbonyl (C=O) groups is 2. The first kappa shape index (κ1) is 18.3. The molecule has 0 aliphatic carbocycles. The van der Waals surface area contributed by atoms with Gasteiger partial charge in [0.25, 0.3) is 11.8 Å². The highest BCUT2D eigenvalue weighted by Gasteiger charge is 2.32. The Balaban J connectivity index is 1.78. The second kappa shape index (κ2) is 7.80. The van der Waals surface area contributed by atoms with Crippen molar-refractivity contribution in [2.45, 2.75) is 0 Å². The maximum atomic E-state index is 12.5. The highest BCUT2D eigenvalue weighted by atomic mass is 32.1. The van der Waals surface area contributed by atoms with Crippen LogP contribution in [0.15, 0.2) is 42.5 Å². The summed E-state index contributed by atoms with van der Waals surface area (Å²) in [5, 5.41) is 2.66. The van der Waals surface area contributed by atoms with E-state index in [1.165, 1.54) is 4.90 Å². The lowest BCUT2D eigenvalue weighted by molar-refractivity contribution is -0.128. The van der Waals surface area contributed by atoms with Gasteiger partial charge in [0, 0.05) is 38.4 Å². The van der Waals surface area contributed by atoms with Crippen LogP contribution in [-0.2, 0) is 9.59 Å². The molecule has 2 fully saturated rings. The normalized spacial score (nSPS) is 20.5. The molecule has 0 bridgehead atoms. The highest BCUT2D eigenvalue weighted by molar-refractivity contribution is 7.80. The smallest absolute Gasteiger partial charge is 0.265 e. The number of hydrogen-bond donors (Lipinski definition) is 1. The van der Waals surface area contributed by atoms with Gasteiger partial charge in [0.15, 0.2) is 5.11 Å². The van der Waals surface area contributed by atoms with E-state index in [0.717, 1.165) is 37.4 Å². The molecule has 136 valence electrons. The summed E-state index contributed by atoms with van der Waals surface area (Å²) in [7, 11) is 2.13. The predicted molar refractivity (Wildman–Crippen MR) is 107 cm³/mol. The van der Waals surface area contributed by atoms with Crippen LogP contribution in [0.25, 0.3) is 6.08 Å². The monoisotopic (exact) mass is 370 g/mol. The van der Waals surface area contributed by atoms with Gasteiger partial charge in [0.05, 0.1) is 0 Å². The van der Waals surface area contributed by atoms with E-state index in [-0.39, 0.29) is 17.2 Å². The zero-order valence-corrected chi connectivity index (χ0v) is 15.6. The number of carbonyl (C=O) groups excluding carboxylic acids is 2. The van der Waals surface area contributed by atoms with Crippen LogP contribution in [0.4, 0.5) is 5.69 Å². The first-order valence-electron chi connectivity index (χ1n) is 8.53. The van der Waals surface area contributed by atoms with Crippen molar-refractivity contribution in [1.82, 2.24) is 15.1 Å². The molecule has 6 nitrogen and oxygen atoms in total. The molecule has 3 rings (SSSR count). The number of amides is 2. The zero-order chi connectivity index (χ0) is 18.7. The van der Waals surface area contributed by atoms with E-state index in [9.17, 15) is 9.59 Å². The first-order valence-corrected chi connectivity index (χ1v) is 8.94. The van der Waals surface area contributed by atoms with Crippen molar-refractivity contribution in [2.75, 3.05) is 44.7 Å². The van der Waals surface area contributed by atoms with Crippen molar-refractivity contribution in [1.29, 1.82) is 0 Å². The number of rotatable bonds is 4. The SMILES string of the molecule is C=CCN1C(=O)C(=Cc2ccc(N3CCN(C)CC3)cc2)C(=O)NC1=S. The van der Waals surface area contributed by atoms with Crippen LogP contribution in [0.2, 0.25) is 0 Å². The van der Waals surface area contributed by atoms with Crippen LogP contribution in [0, 0.1) is 0 Å². The predicted octanol–water partition coefficient (Wildman–Crippen LogP) is 1.25. The van der Waals surface area contributed by atoms with Gasteiger partial charge in [-0.3, -0.25) is 19.8 Å². The summed E-state index contributed by atoms with van der Waals surface area (Å²) in [6.07, 6.45) is 3.17. The number of nitrogens with zero attached hydrogens (tertiary/aromatic N) is 3. The van der Waals surface area contributed by atoms with Gasteiger partial charge >= 0.3 is 0 Å². The summed E-state index contributed by atoms with van der Waals surface area (Å²) in [5.74, 6) is -0.870. The van der Waals surface area contributed by atoms with Gasteiger partial charge < -0.3 is 9.80 Å². The van der Waals surface area contributed by atoms with Crippen molar-refractivity contribution >= 4 is 40.9 Å². The van der Waals surface area contributed by atoms with Crippen LogP contribution < -0.4 is 10.2 Å². The third-order valence-corrected chi connectivity index (χ3v) is 4.89. The van der Waals surface area contributed by atoms with Gasteiger partial charge in [-0.1, -0.05) is 18.2 Å². The molecule has 1 aromatic rings. The number of likely N-dealkylation sites (N-methyl/N-ethyl adjacent to an activating group) is 1. The Morgan fingerprint density at radius 2 is 1.81 bits per heavy atom.